The van der Waals surface area contributed by atoms with Crippen molar-refractivity contribution in [2.75, 3.05) is 0 Å². The molecular weight excluding hydrogens is 281 g/mol. The number of alkyl halides is 3. The van der Waals surface area contributed by atoms with Gasteiger partial charge in [0.2, 0.25) is 0 Å². The Balaban J connectivity index is 2.45. The van der Waals surface area contributed by atoms with Crippen LogP contribution in [0.2, 0.25) is 0 Å². The van der Waals surface area contributed by atoms with Crippen molar-refractivity contribution >= 4 is 15.9 Å². The van der Waals surface area contributed by atoms with Crippen molar-refractivity contribution in [3.05, 3.63) is 41.0 Å². The van der Waals surface area contributed by atoms with Crippen LogP contribution in [0.25, 0.3) is 5.76 Å². The maximum absolute atomic E-state index is 12.4. The lowest BCUT2D eigenvalue weighted by molar-refractivity contribution is -0.0509. The average Bonchev–Trinajstić information content (AvgIpc) is 2.31. The van der Waals surface area contributed by atoms with Crippen LogP contribution in [0.4, 0.5) is 13.2 Å². The fourth-order valence-corrected chi connectivity index (χ4v) is 2.44. The van der Waals surface area contributed by atoms with E-state index in [9.17, 15) is 21.6 Å². The summed E-state index contributed by atoms with van der Waals surface area (Å²) in [6.45, 7) is 1.57. The van der Waals surface area contributed by atoms with E-state index < -0.39 is 15.6 Å². The molecule has 2 rings (SSSR count). The second-order valence-electron chi connectivity index (χ2n) is 4.25. The van der Waals surface area contributed by atoms with Crippen molar-refractivity contribution in [1.29, 1.82) is 0 Å². The first-order chi connectivity index (χ1) is 8.72. The van der Waals surface area contributed by atoms with E-state index in [1.807, 2.05) is 0 Å². The highest BCUT2D eigenvalue weighted by Gasteiger charge is 2.49. The molecule has 0 fully saturated rings. The molecule has 0 radical (unpaired) electrons. The number of hydrogen-bond donors (Lipinski definition) is 0. The number of fused-ring (bicyclic) bond motifs is 1. The Bertz CT molecular complexity index is 630. The predicted molar refractivity (Wildman–Crippen MR) is 63.4 cm³/mol. The van der Waals surface area contributed by atoms with Gasteiger partial charge in [-0.25, -0.2) is 0 Å². The second-order valence-corrected chi connectivity index (χ2v) is 5.79. The molecule has 0 bridgehead atoms. The minimum Gasteiger partial charge on any atom is -0.375 e. The SMILES string of the molecule is CC1=C(OS(=O)(=O)C(F)(F)F)c2ccccc2CC1. The molecule has 0 saturated heterocycles. The van der Waals surface area contributed by atoms with E-state index in [2.05, 4.69) is 4.18 Å². The molecule has 0 N–H and O–H groups in total. The van der Waals surface area contributed by atoms with Gasteiger partial charge in [-0.2, -0.15) is 21.6 Å². The van der Waals surface area contributed by atoms with E-state index in [0.29, 0.717) is 24.0 Å². The van der Waals surface area contributed by atoms with E-state index in [1.54, 1.807) is 31.2 Å². The molecule has 0 amide bonds. The molecule has 1 aromatic carbocycles. The standard InChI is InChI=1S/C12H11F3O3S/c1-8-6-7-9-4-2-3-5-10(9)11(8)18-19(16,17)12(13,14)15/h2-5H,6-7H2,1H3. The molecule has 0 heterocycles. The topological polar surface area (TPSA) is 43.4 Å². The third-order valence-corrected chi connectivity index (χ3v) is 3.85. The van der Waals surface area contributed by atoms with Gasteiger partial charge in [-0.1, -0.05) is 24.3 Å². The molecular formula is C12H11F3O3S. The van der Waals surface area contributed by atoms with Crippen LogP contribution < -0.4 is 0 Å². The van der Waals surface area contributed by atoms with Crippen LogP contribution >= 0.6 is 0 Å². The highest BCUT2D eigenvalue weighted by atomic mass is 32.2. The zero-order valence-corrected chi connectivity index (χ0v) is 10.8. The van der Waals surface area contributed by atoms with E-state index in [4.69, 9.17) is 0 Å². The first-order valence-corrected chi connectivity index (χ1v) is 6.92. The molecule has 1 aliphatic rings. The minimum absolute atomic E-state index is 0.209. The fraction of sp³-hybridized carbons (Fsp3) is 0.333. The second kappa shape index (κ2) is 4.56. The molecule has 3 nitrogen and oxygen atoms in total. The van der Waals surface area contributed by atoms with E-state index in [1.165, 1.54) is 0 Å². The molecule has 1 aromatic rings. The van der Waals surface area contributed by atoms with Crippen molar-refractivity contribution in [3.63, 3.8) is 0 Å². The number of aryl methyl sites for hydroxylation is 1. The van der Waals surface area contributed by atoms with Crippen LogP contribution in [-0.2, 0) is 20.7 Å². The summed E-state index contributed by atoms with van der Waals surface area (Å²) in [6, 6.07) is 6.67. The summed E-state index contributed by atoms with van der Waals surface area (Å²) >= 11 is 0. The van der Waals surface area contributed by atoms with Gasteiger partial charge >= 0.3 is 15.6 Å². The Labute approximate surface area is 108 Å². The highest BCUT2D eigenvalue weighted by Crippen LogP contribution is 2.36. The van der Waals surface area contributed by atoms with Crippen molar-refractivity contribution in [2.24, 2.45) is 0 Å². The number of hydrogen-bond acceptors (Lipinski definition) is 3. The number of allylic oxidation sites excluding steroid dienone is 1. The lowest BCUT2D eigenvalue weighted by atomic mass is 9.91. The summed E-state index contributed by atoms with van der Waals surface area (Å²) in [6.07, 6.45) is 1.13. The predicted octanol–water partition coefficient (Wildman–Crippen LogP) is 3.23. The Kier molecular flexibility index (Phi) is 3.34. The van der Waals surface area contributed by atoms with Crippen LogP contribution in [0.15, 0.2) is 29.8 Å². The van der Waals surface area contributed by atoms with Gasteiger partial charge in [-0.05, 0) is 30.9 Å². The van der Waals surface area contributed by atoms with E-state index >= 15 is 0 Å². The van der Waals surface area contributed by atoms with Crippen molar-refractivity contribution in [1.82, 2.24) is 0 Å². The third-order valence-electron chi connectivity index (χ3n) is 2.90. The number of benzene rings is 1. The molecule has 0 spiro atoms. The van der Waals surface area contributed by atoms with E-state index in [-0.39, 0.29) is 5.76 Å². The monoisotopic (exact) mass is 292 g/mol. The summed E-state index contributed by atoms with van der Waals surface area (Å²) in [4.78, 5) is 0. The lowest BCUT2D eigenvalue weighted by Gasteiger charge is -2.21. The summed E-state index contributed by atoms with van der Waals surface area (Å²) in [5.74, 6) is -0.209. The molecule has 0 saturated carbocycles. The fourth-order valence-electron chi connectivity index (χ4n) is 1.90. The average molecular weight is 292 g/mol. The van der Waals surface area contributed by atoms with Crippen LogP contribution in [0.3, 0.4) is 0 Å². The quantitative estimate of drug-likeness (QED) is 0.621. The smallest absolute Gasteiger partial charge is 0.375 e. The minimum atomic E-state index is -5.63. The van der Waals surface area contributed by atoms with Gasteiger partial charge in [0.1, 0.15) is 5.76 Å². The Morgan fingerprint density at radius 2 is 1.79 bits per heavy atom. The van der Waals surface area contributed by atoms with Crippen LogP contribution in [0, 0.1) is 0 Å². The third kappa shape index (κ3) is 2.60. The molecule has 0 aromatic heterocycles. The molecule has 104 valence electrons. The Morgan fingerprint density at radius 3 is 2.42 bits per heavy atom. The molecule has 0 aliphatic heterocycles. The molecule has 7 heteroatoms. The number of halogens is 3. The maximum Gasteiger partial charge on any atom is 0.534 e. The molecule has 0 unspecified atom stereocenters. The van der Waals surface area contributed by atoms with Gasteiger partial charge < -0.3 is 4.18 Å². The Morgan fingerprint density at radius 1 is 1.16 bits per heavy atom. The van der Waals surface area contributed by atoms with Crippen molar-refractivity contribution in [2.45, 2.75) is 25.3 Å². The summed E-state index contributed by atoms with van der Waals surface area (Å²) in [5, 5.41) is 0. The first-order valence-electron chi connectivity index (χ1n) is 5.51. The van der Waals surface area contributed by atoms with Gasteiger partial charge in [0.25, 0.3) is 0 Å². The van der Waals surface area contributed by atoms with Crippen LogP contribution in [-0.4, -0.2) is 13.9 Å². The normalized spacial score (nSPS) is 16.2. The molecule has 0 atom stereocenters. The van der Waals surface area contributed by atoms with Gasteiger partial charge in [0, 0.05) is 5.56 Å². The number of rotatable bonds is 2. The summed E-state index contributed by atoms with van der Waals surface area (Å²) in [7, 11) is -5.63. The van der Waals surface area contributed by atoms with Crippen LogP contribution in [0.1, 0.15) is 24.5 Å². The maximum atomic E-state index is 12.4. The molecule has 19 heavy (non-hydrogen) atoms. The summed E-state index contributed by atoms with van der Waals surface area (Å²) < 4.78 is 63.6. The highest BCUT2D eigenvalue weighted by molar-refractivity contribution is 7.87. The van der Waals surface area contributed by atoms with E-state index in [0.717, 1.165) is 5.56 Å². The van der Waals surface area contributed by atoms with Gasteiger partial charge in [-0.15, -0.1) is 0 Å². The zero-order valence-electron chi connectivity index (χ0n) is 9.99. The van der Waals surface area contributed by atoms with Gasteiger partial charge in [0.15, 0.2) is 0 Å². The van der Waals surface area contributed by atoms with Gasteiger partial charge in [0.05, 0.1) is 0 Å². The Hall–Kier alpha value is -1.50. The largest absolute Gasteiger partial charge is 0.534 e. The first kappa shape index (κ1) is 13.9. The van der Waals surface area contributed by atoms with Gasteiger partial charge in [-0.3, -0.25) is 0 Å². The van der Waals surface area contributed by atoms with Crippen molar-refractivity contribution in [3.8, 4) is 0 Å². The zero-order chi connectivity index (χ0) is 14.3. The molecule has 1 aliphatic carbocycles. The van der Waals surface area contributed by atoms with Crippen LogP contribution in [0.5, 0.6) is 0 Å². The summed E-state index contributed by atoms with van der Waals surface area (Å²) in [5.41, 5.74) is -3.75. The van der Waals surface area contributed by atoms with Crippen molar-refractivity contribution < 1.29 is 25.8 Å². The lowest BCUT2D eigenvalue weighted by Crippen LogP contribution is -2.26.